The molecule has 0 atom stereocenters. The number of ether oxygens (including phenoxy) is 1. The van der Waals surface area contributed by atoms with Gasteiger partial charge in [0.15, 0.2) is 12.4 Å². The van der Waals surface area contributed by atoms with Crippen LogP contribution in [0.15, 0.2) is 53.2 Å². The first-order valence-corrected chi connectivity index (χ1v) is 8.33. The zero-order chi connectivity index (χ0) is 17.5. The van der Waals surface area contributed by atoms with Crippen LogP contribution in [0.5, 0.6) is 0 Å². The lowest BCUT2D eigenvalue weighted by Crippen LogP contribution is -2.10. The van der Waals surface area contributed by atoms with Gasteiger partial charge >= 0.3 is 5.97 Å². The molecular formula is C17H15N5O2S. The van der Waals surface area contributed by atoms with Crippen molar-refractivity contribution in [2.24, 2.45) is 0 Å². The summed E-state index contributed by atoms with van der Waals surface area (Å²) in [6.07, 6.45) is 3.04. The van der Waals surface area contributed by atoms with Crippen LogP contribution in [-0.2, 0) is 16.1 Å². The molecule has 0 aliphatic carbocycles. The summed E-state index contributed by atoms with van der Waals surface area (Å²) < 4.78 is 5.13. The first-order valence-electron chi connectivity index (χ1n) is 7.38. The van der Waals surface area contributed by atoms with Crippen LogP contribution in [0.25, 0.3) is 6.08 Å². The van der Waals surface area contributed by atoms with Gasteiger partial charge in [-0.15, -0.1) is 0 Å². The third-order valence-electron chi connectivity index (χ3n) is 3.03. The van der Waals surface area contributed by atoms with E-state index in [1.54, 1.807) is 17.4 Å². The van der Waals surface area contributed by atoms with E-state index < -0.39 is 5.97 Å². The van der Waals surface area contributed by atoms with Crippen molar-refractivity contribution in [1.82, 2.24) is 15.0 Å². The largest absolute Gasteiger partial charge is 0.454 e. The lowest BCUT2D eigenvalue weighted by molar-refractivity contribution is -0.139. The van der Waals surface area contributed by atoms with Crippen molar-refractivity contribution >= 4 is 41.0 Å². The Balaban J connectivity index is 1.61. The Bertz CT molecular complexity index is 866. The summed E-state index contributed by atoms with van der Waals surface area (Å²) >= 11 is 1.55. The molecule has 0 fully saturated rings. The second-order valence-electron chi connectivity index (χ2n) is 4.92. The number of para-hydroxylation sites is 1. The lowest BCUT2D eigenvalue weighted by Gasteiger charge is -2.07. The number of nitrogens with one attached hydrogen (secondary N) is 1. The predicted molar refractivity (Wildman–Crippen MR) is 97.1 cm³/mol. The normalized spacial score (nSPS) is 10.7. The number of hydrogen-bond donors (Lipinski definition) is 2. The first-order chi connectivity index (χ1) is 12.2. The highest BCUT2D eigenvalue weighted by atomic mass is 32.1. The van der Waals surface area contributed by atoms with Gasteiger partial charge < -0.3 is 15.8 Å². The third-order valence-corrected chi connectivity index (χ3v) is 3.73. The summed E-state index contributed by atoms with van der Waals surface area (Å²) in [5.74, 6) is 0.123. The zero-order valence-corrected chi connectivity index (χ0v) is 13.9. The average Bonchev–Trinajstić information content (AvgIpc) is 3.12. The van der Waals surface area contributed by atoms with Gasteiger partial charge in [0.2, 0.25) is 11.9 Å². The molecule has 0 radical (unpaired) electrons. The van der Waals surface area contributed by atoms with Gasteiger partial charge in [-0.25, -0.2) is 4.79 Å². The molecule has 126 valence electrons. The van der Waals surface area contributed by atoms with Gasteiger partial charge in [0, 0.05) is 11.8 Å². The highest BCUT2D eigenvalue weighted by Gasteiger charge is 2.07. The minimum atomic E-state index is -0.484. The second kappa shape index (κ2) is 8.02. The summed E-state index contributed by atoms with van der Waals surface area (Å²) in [5.41, 5.74) is 7.45. The van der Waals surface area contributed by atoms with Crippen molar-refractivity contribution in [1.29, 1.82) is 0 Å². The number of carbonyl (C=O) groups excluding carboxylic acids is 1. The number of esters is 1. The lowest BCUT2D eigenvalue weighted by atomic mass is 10.3. The molecule has 3 rings (SSSR count). The molecule has 3 N–H and O–H groups in total. The Morgan fingerprint density at radius 1 is 1.20 bits per heavy atom. The summed E-state index contributed by atoms with van der Waals surface area (Å²) in [6, 6.07) is 11.3. The smallest absolute Gasteiger partial charge is 0.331 e. The minimum Gasteiger partial charge on any atom is -0.454 e. The Morgan fingerprint density at radius 3 is 2.80 bits per heavy atom. The van der Waals surface area contributed by atoms with E-state index in [1.807, 2.05) is 47.2 Å². The number of hydrogen-bond acceptors (Lipinski definition) is 8. The zero-order valence-electron chi connectivity index (χ0n) is 13.1. The number of nitrogen functional groups attached to an aromatic ring is 1. The Kier molecular flexibility index (Phi) is 5.32. The fraction of sp³-hybridized carbons (Fsp3) is 0.0588. The molecule has 0 unspecified atom stereocenters. The van der Waals surface area contributed by atoms with Gasteiger partial charge in [-0.2, -0.15) is 26.3 Å². The van der Waals surface area contributed by atoms with Crippen LogP contribution in [0.2, 0.25) is 0 Å². The molecule has 2 aromatic heterocycles. The number of nitrogens with two attached hydrogens (primary N) is 1. The molecule has 7 nitrogen and oxygen atoms in total. The third kappa shape index (κ3) is 5.11. The van der Waals surface area contributed by atoms with Crippen molar-refractivity contribution in [2.75, 3.05) is 11.1 Å². The first kappa shape index (κ1) is 16.6. The van der Waals surface area contributed by atoms with E-state index in [-0.39, 0.29) is 18.4 Å². The van der Waals surface area contributed by atoms with Crippen LogP contribution in [0, 0.1) is 0 Å². The van der Waals surface area contributed by atoms with Crippen molar-refractivity contribution in [3.05, 3.63) is 64.6 Å². The fourth-order valence-electron chi connectivity index (χ4n) is 1.93. The number of aromatic nitrogens is 3. The van der Waals surface area contributed by atoms with Crippen LogP contribution >= 0.6 is 11.3 Å². The summed E-state index contributed by atoms with van der Waals surface area (Å²) in [7, 11) is 0. The second-order valence-corrected chi connectivity index (χ2v) is 5.70. The van der Waals surface area contributed by atoms with Crippen molar-refractivity contribution in [2.45, 2.75) is 6.61 Å². The van der Waals surface area contributed by atoms with Gasteiger partial charge in [0.25, 0.3) is 0 Å². The topological polar surface area (TPSA) is 103 Å². The summed E-state index contributed by atoms with van der Waals surface area (Å²) in [5, 5.41) is 6.88. The van der Waals surface area contributed by atoms with E-state index in [2.05, 4.69) is 20.3 Å². The predicted octanol–water partition coefficient (Wildman–Crippen LogP) is 3.02. The number of carbonyl (C=O) groups is 1. The maximum Gasteiger partial charge on any atom is 0.331 e. The van der Waals surface area contributed by atoms with Gasteiger partial charge in [0.05, 0.1) is 0 Å². The molecule has 0 amide bonds. The molecule has 0 aliphatic rings. The maximum absolute atomic E-state index is 11.7. The molecule has 2 heterocycles. The molecule has 1 aromatic carbocycles. The highest BCUT2D eigenvalue weighted by molar-refractivity contribution is 7.08. The molecule has 3 aromatic rings. The fourth-order valence-corrected chi connectivity index (χ4v) is 2.56. The average molecular weight is 353 g/mol. The summed E-state index contributed by atoms with van der Waals surface area (Å²) in [4.78, 5) is 23.9. The molecule has 0 aliphatic heterocycles. The van der Waals surface area contributed by atoms with Gasteiger partial charge in [-0.05, 0) is 40.6 Å². The van der Waals surface area contributed by atoms with Crippen LogP contribution < -0.4 is 11.1 Å². The van der Waals surface area contributed by atoms with E-state index in [9.17, 15) is 4.79 Å². The summed E-state index contributed by atoms with van der Waals surface area (Å²) in [6.45, 7) is -0.0942. The van der Waals surface area contributed by atoms with Crippen LogP contribution in [0.4, 0.5) is 17.6 Å². The minimum absolute atomic E-state index is 0.0493. The van der Waals surface area contributed by atoms with Crippen LogP contribution in [-0.4, -0.2) is 20.9 Å². The Hall–Kier alpha value is -3.26. The molecule has 0 bridgehead atoms. The van der Waals surface area contributed by atoms with E-state index in [0.29, 0.717) is 5.95 Å². The SMILES string of the molecule is Nc1nc(COC(=O)/C=C/c2ccsc2)nc(Nc2ccccc2)n1. The Labute approximate surface area is 148 Å². The van der Waals surface area contributed by atoms with Crippen molar-refractivity contribution < 1.29 is 9.53 Å². The van der Waals surface area contributed by atoms with Crippen LogP contribution in [0.3, 0.4) is 0 Å². The highest BCUT2D eigenvalue weighted by Crippen LogP contribution is 2.13. The molecule has 8 heteroatoms. The van der Waals surface area contributed by atoms with Crippen LogP contribution in [0.1, 0.15) is 11.4 Å². The van der Waals surface area contributed by atoms with Gasteiger partial charge in [-0.3, -0.25) is 0 Å². The number of thiophene rings is 1. The van der Waals surface area contributed by atoms with E-state index in [1.165, 1.54) is 6.08 Å². The van der Waals surface area contributed by atoms with E-state index in [0.717, 1.165) is 11.3 Å². The Morgan fingerprint density at radius 2 is 2.04 bits per heavy atom. The maximum atomic E-state index is 11.7. The molecular weight excluding hydrogens is 338 g/mol. The molecule has 0 saturated carbocycles. The van der Waals surface area contributed by atoms with Crippen molar-refractivity contribution in [3.8, 4) is 0 Å². The molecule has 0 spiro atoms. The monoisotopic (exact) mass is 353 g/mol. The number of anilines is 3. The van der Waals surface area contributed by atoms with Crippen molar-refractivity contribution in [3.63, 3.8) is 0 Å². The number of rotatable bonds is 6. The quantitative estimate of drug-likeness (QED) is 0.518. The molecule has 0 saturated heterocycles. The van der Waals surface area contributed by atoms with E-state index in [4.69, 9.17) is 10.5 Å². The molecule has 25 heavy (non-hydrogen) atoms. The van der Waals surface area contributed by atoms with E-state index >= 15 is 0 Å². The van der Waals surface area contributed by atoms with Gasteiger partial charge in [-0.1, -0.05) is 18.2 Å². The number of nitrogens with zero attached hydrogens (tertiary/aromatic N) is 3. The standard InChI is InChI=1S/C17H15N5O2S/c18-16-20-14(10-24-15(23)7-6-12-8-9-25-11-12)21-17(22-16)19-13-4-2-1-3-5-13/h1-9,11H,10H2,(H3,18,19,20,21,22)/b7-6+. The number of benzene rings is 1. The van der Waals surface area contributed by atoms with Gasteiger partial charge in [0.1, 0.15) is 0 Å².